The molecular formula is C25H22N2OS. The summed E-state index contributed by atoms with van der Waals surface area (Å²) in [5, 5.41) is 0. The summed E-state index contributed by atoms with van der Waals surface area (Å²) in [4.78, 5) is 8.94. The topological polar surface area (TPSA) is 45.8 Å². The van der Waals surface area contributed by atoms with Crippen molar-refractivity contribution in [2.24, 2.45) is 0 Å². The molecule has 0 bridgehead atoms. The summed E-state index contributed by atoms with van der Waals surface area (Å²) in [5.74, 6) is 0.738. The Balaban J connectivity index is 1.75. The van der Waals surface area contributed by atoms with E-state index < -0.39 is 10.8 Å². The maximum absolute atomic E-state index is 12.2. The Morgan fingerprint density at radius 1 is 0.931 bits per heavy atom. The van der Waals surface area contributed by atoms with Crippen LogP contribution in [0, 0.1) is 0 Å². The summed E-state index contributed by atoms with van der Waals surface area (Å²) < 4.78 is 12.2. The fourth-order valence-electron chi connectivity index (χ4n) is 4.26. The SMILES string of the molecule is CCc1c(-c2ccc3c(c2)CCS3=O)[nH]c(-c2ccccc2)c1-c1ccncc1. The third-order valence-corrected chi connectivity index (χ3v) is 7.10. The van der Waals surface area contributed by atoms with E-state index in [4.69, 9.17) is 0 Å². The van der Waals surface area contributed by atoms with Gasteiger partial charge in [-0.25, -0.2) is 0 Å². The van der Waals surface area contributed by atoms with Crippen LogP contribution in [0.2, 0.25) is 0 Å². The molecule has 1 atom stereocenters. The average Bonchev–Trinajstić information content (AvgIpc) is 3.35. The van der Waals surface area contributed by atoms with Crippen LogP contribution in [0.1, 0.15) is 18.1 Å². The quantitative estimate of drug-likeness (QED) is 0.484. The van der Waals surface area contributed by atoms with Gasteiger partial charge in [0.25, 0.3) is 0 Å². The fraction of sp³-hybridized carbons (Fsp3) is 0.160. The van der Waals surface area contributed by atoms with E-state index in [-0.39, 0.29) is 0 Å². The van der Waals surface area contributed by atoms with E-state index in [0.29, 0.717) is 0 Å². The van der Waals surface area contributed by atoms with Gasteiger partial charge in [0, 0.05) is 34.3 Å². The molecule has 1 aliphatic rings. The number of benzene rings is 2. The van der Waals surface area contributed by atoms with E-state index in [1.165, 1.54) is 27.8 Å². The number of fused-ring (bicyclic) bond motifs is 1. The number of nitrogens with one attached hydrogen (secondary N) is 1. The highest BCUT2D eigenvalue weighted by atomic mass is 32.2. The highest BCUT2D eigenvalue weighted by Gasteiger charge is 2.23. The zero-order chi connectivity index (χ0) is 19.8. The number of nitrogens with zero attached hydrogens (tertiary/aromatic N) is 1. The standard InChI is InChI=1S/C25H22N2OS/c1-2-21-23(17-10-13-26-14-11-17)25(18-6-4-3-5-7-18)27-24(21)20-8-9-22-19(16-20)12-15-29(22)28/h3-11,13-14,16,27H,2,12,15H2,1H3. The monoisotopic (exact) mass is 398 g/mol. The van der Waals surface area contributed by atoms with Gasteiger partial charge in [0.1, 0.15) is 0 Å². The summed E-state index contributed by atoms with van der Waals surface area (Å²) >= 11 is 0. The van der Waals surface area contributed by atoms with Crippen LogP contribution in [0.4, 0.5) is 0 Å². The molecule has 0 radical (unpaired) electrons. The van der Waals surface area contributed by atoms with Crippen molar-refractivity contribution in [2.75, 3.05) is 5.75 Å². The number of aromatic amines is 1. The Kier molecular flexibility index (Phi) is 4.64. The van der Waals surface area contributed by atoms with Gasteiger partial charge in [-0.1, -0.05) is 43.3 Å². The predicted molar refractivity (Wildman–Crippen MR) is 119 cm³/mol. The number of aromatic nitrogens is 2. The molecule has 3 heterocycles. The molecule has 0 amide bonds. The van der Waals surface area contributed by atoms with E-state index in [1.54, 1.807) is 0 Å². The Morgan fingerprint density at radius 3 is 2.48 bits per heavy atom. The van der Waals surface area contributed by atoms with Gasteiger partial charge in [0.05, 0.1) is 16.5 Å². The first-order valence-electron chi connectivity index (χ1n) is 9.98. The van der Waals surface area contributed by atoms with Crippen LogP contribution >= 0.6 is 0 Å². The lowest BCUT2D eigenvalue weighted by atomic mass is 9.94. The fourth-order valence-corrected chi connectivity index (χ4v) is 5.56. The van der Waals surface area contributed by atoms with Crippen LogP contribution in [0.3, 0.4) is 0 Å². The van der Waals surface area contributed by atoms with Crippen molar-refractivity contribution in [1.82, 2.24) is 9.97 Å². The maximum Gasteiger partial charge on any atom is 0.0541 e. The van der Waals surface area contributed by atoms with Crippen LogP contribution in [0.25, 0.3) is 33.6 Å². The number of hydrogen-bond donors (Lipinski definition) is 1. The van der Waals surface area contributed by atoms with E-state index in [2.05, 4.69) is 65.4 Å². The summed E-state index contributed by atoms with van der Waals surface area (Å²) in [6.45, 7) is 2.20. The van der Waals surface area contributed by atoms with Crippen molar-refractivity contribution in [1.29, 1.82) is 0 Å². The lowest BCUT2D eigenvalue weighted by molar-refractivity contribution is 0.685. The number of H-pyrrole nitrogens is 1. The largest absolute Gasteiger partial charge is 0.354 e. The van der Waals surface area contributed by atoms with E-state index in [1.807, 2.05) is 24.5 Å². The molecule has 1 N–H and O–H groups in total. The van der Waals surface area contributed by atoms with E-state index >= 15 is 0 Å². The minimum Gasteiger partial charge on any atom is -0.354 e. The van der Waals surface area contributed by atoms with Crippen LogP contribution in [-0.4, -0.2) is 19.9 Å². The molecule has 29 heavy (non-hydrogen) atoms. The molecule has 4 aromatic rings. The van der Waals surface area contributed by atoms with Crippen molar-refractivity contribution < 1.29 is 4.21 Å². The highest BCUT2D eigenvalue weighted by Crippen LogP contribution is 2.41. The second-order valence-electron chi connectivity index (χ2n) is 7.31. The van der Waals surface area contributed by atoms with Crippen molar-refractivity contribution >= 4 is 10.8 Å². The smallest absolute Gasteiger partial charge is 0.0541 e. The molecule has 3 nitrogen and oxygen atoms in total. The number of rotatable bonds is 4. The first-order chi connectivity index (χ1) is 14.3. The van der Waals surface area contributed by atoms with Crippen molar-refractivity contribution in [3.8, 4) is 33.6 Å². The lowest BCUT2D eigenvalue weighted by Gasteiger charge is -2.08. The number of hydrogen-bond acceptors (Lipinski definition) is 2. The van der Waals surface area contributed by atoms with Crippen LogP contribution < -0.4 is 0 Å². The zero-order valence-corrected chi connectivity index (χ0v) is 17.1. The molecule has 4 heteroatoms. The molecule has 0 aliphatic carbocycles. The molecule has 0 saturated heterocycles. The Hall–Kier alpha value is -2.98. The van der Waals surface area contributed by atoms with Crippen molar-refractivity contribution in [3.05, 3.63) is 84.2 Å². The lowest BCUT2D eigenvalue weighted by Crippen LogP contribution is -1.90. The molecule has 1 unspecified atom stereocenters. The molecule has 2 aromatic carbocycles. The summed E-state index contributed by atoms with van der Waals surface area (Å²) in [5.41, 5.74) is 9.53. The summed E-state index contributed by atoms with van der Waals surface area (Å²) in [7, 11) is -0.845. The zero-order valence-electron chi connectivity index (χ0n) is 16.3. The molecule has 1 aliphatic heterocycles. The van der Waals surface area contributed by atoms with Gasteiger partial charge < -0.3 is 4.98 Å². The van der Waals surface area contributed by atoms with Gasteiger partial charge in [-0.3, -0.25) is 9.19 Å². The normalized spacial score (nSPS) is 15.4. The molecular weight excluding hydrogens is 376 g/mol. The van der Waals surface area contributed by atoms with Gasteiger partial charge in [-0.05, 0) is 64.9 Å². The van der Waals surface area contributed by atoms with Crippen molar-refractivity contribution in [2.45, 2.75) is 24.7 Å². The predicted octanol–water partition coefficient (Wildman–Crippen LogP) is 5.64. The second kappa shape index (κ2) is 7.45. The molecule has 0 spiro atoms. The first kappa shape index (κ1) is 18.1. The van der Waals surface area contributed by atoms with Crippen LogP contribution in [0.5, 0.6) is 0 Å². The van der Waals surface area contributed by atoms with Crippen molar-refractivity contribution in [3.63, 3.8) is 0 Å². The second-order valence-corrected chi connectivity index (χ2v) is 8.85. The van der Waals surface area contributed by atoms with Gasteiger partial charge in [-0.2, -0.15) is 0 Å². The Bertz CT molecular complexity index is 1200. The third-order valence-electron chi connectivity index (χ3n) is 5.64. The van der Waals surface area contributed by atoms with Gasteiger partial charge in [-0.15, -0.1) is 0 Å². The third kappa shape index (κ3) is 3.14. The Labute approximate surface area is 173 Å². The highest BCUT2D eigenvalue weighted by molar-refractivity contribution is 7.85. The molecule has 2 aromatic heterocycles. The van der Waals surface area contributed by atoms with Crippen LogP contribution in [-0.2, 0) is 23.6 Å². The number of aryl methyl sites for hydroxylation is 1. The minimum absolute atomic E-state index is 0.738. The number of pyridine rings is 1. The summed E-state index contributed by atoms with van der Waals surface area (Å²) in [6.07, 6.45) is 5.50. The van der Waals surface area contributed by atoms with Gasteiger partial charge >= 0.3 is 0 Å². The van der Waals surface area contributed by atoms with Gasteiger partial charge in [0.2, 0.25) is 0 Å². The van der Waals surface area contributed by atoms with Crippen LogP contribution in [0.15, 0.2) is 78.0 Å². The van der Waals surface area contributed by atoms with E-state index in [0.717, 1.165) is 40.4 Å². The summed E-state index contributed by atoms with van der Waals surface area (Å²) in [6, 6.07) is 21.0. The first-order valence-corrected chi connectivity index (χ1v) is 11.3. The molecule has 0 saturated carbocycles. The maximum atomic E-state index is 12.2. The van der Waals surface area contributed by atoms with E-state index in [9.17, 15) is 4.21 Å². The molecule has 5 rings (SSSR count). The minimum atomic E-state index is -0.845. The van der Waals surface area contributed by atoms with Gasteiger partial charge in [0.15, 0.2) is 0 Å². The molecule has 144 valence electrons. The Morgan fingerprint density at radius 2 is 1.72 bits per heavy atom. The molecule has 0 fully saturated rings. The average molecular weight is 399 g/mol.